The molecule has 1 heterocycles. The van der Waals surface area contributed by atoms with Gasteiger partial charge in [-0.05, 0) is 38.1 Å². The minimum absolute atomic E-state index is 0.180. The van der Waals surface area contributed by atoms with Crippen LogP contribution in [0.1, 0.15) is 13.8 Å². The standard InChI is InChI=1S/C13H15ClN4O3/c1-3-20-13-16-12(17-18-13)15-11(19)8(2)21-10-6-4-9(14)5-7-10/h4-8H,3H2,1-2H3,(H2,15,16,17,18,19). The number of H-pyrrole nitrogens is 1. The number of benzene rings is 1. The summed E-state index contributed by atoms with van der Waals surface area (Å²) in [6.07, 6.45) is -0.702. The van der Waals surface area contributed by atoms with E-state index in [4.69, 9.17) is 21.1 Å². The average Bonchev–Trinajstić information content (AvgIpc) is 2.89. The Bertz CT molecular complexity index is 600. The predicted molar refractivity (Wildman–Crippen MR) is 77.7 cm³/mol. The molecule has 7 nitrogen and oxygen atoms in total. The maximum atomic E-state index is 12.0. The van der Waals surface area contributed by atoms with E-state index in [-0.39, 0.29) is 17.9 Å². The van der Waals surface area contributed by atoms with E-state index in [0.717, 1.165) is 0 Å². The Morgan fingerprint density at radius 2 is 2.14 bits per heavy atom. The summed E-state index contributed by atoms with van der Waals surface area (Å²) < 4.78 is 10.6. The number of nitrogens with one attached hydrogen (secondary N) is 2. The van der Waals surface area contributed by atoms with Gasteiger partial charge in [-0.3, -0.25) is 10.1 Å². The maximum absolute atomic E-state index is 12.0. The number of amides is 1. The van der Waals surface area contributed by atoms with Crippen LogP contribution in [0, 0.1) is 0 Å². The molecule has 0 aliphatic carbocycles. The smallest absolute Gasteiger partial charge is 0.337 e. The van der Waals surface area contributed by atoms with Crippen LogP contribution in [0.3, 0.4) is 0 Å². The predicted octanol–water partition coefficient (Wildman–Crippen LogP) is 2.26. The zero-order chi connectivity index (χ0) is 15.2. The molecule has 0 aliphatic heterocycles. The molecule has 1 atom stereocenters. The topological polar surface area (TPSA) is 89.1 Å². The number of nitrogens with zero attached hydrogens (tertiary/aromatic N) is 2. The molecule has 0 saturated carbocycles. The summed E-state index contributed by atoms with van der Waals surface area (Å²) in [6, 6.07) is 6.93. The average molecular weight is 311 g/mol. The summed E-state index contributed by atoms with van der Waals surface area (Å²) in [5.74, 6) is 0.397. The first-order chi connectivity index (χ1) is 10.1. The molecule has 0 bridgehead atoms. The molecule has 8 heteroatoms. The van der Waals surface area contributed by atoms with E-state index in [1.54, 1.807) is 31.2 Å². The summed E-state index contributed by atoms with van der Waals surface area (Å²) in [4.78, 5) is 15.9. The molecule has 0 radical (unpaired) electrons. The van der Waals surface area contributed by atoms with Gasteiger partial charge < -0.3 is 9.47 Å². The number of aromatic amines is 1. The third-order valence-electron chi connectivity index (χ3n) is 2.48. The maximum Gasteiger partial charge on any atom is 0.337 e. The van der Waals surface area contributed by atoms with Crippen molar-refractivity contribution in [3.63, 3.8) is 0 Å². The van der Waals surface area contributed by atoms with Crippen molar-refractivity contribution in [2.45, 2.75) is 20.0 Å². The Morgan fingerprint density at radius 3 is 2.81 bits per heavy atom. The first kappa shape index (κ1) is 15.1. The van der Waals surface area contributed by atoms with E-state index >= 15 is 0 Å². The summed E-state index contributed by atoms with van der Waals surface area (Å²) in [5.41, 5.74) is 0. The van der Waals surface area contributed by atoms with E-state index in [1.165, 1.54) is 0 Å². The van der Waals surface area contributed by atoms with Crippen molar-refractivity contribution in [2.75, 3.05) is 11.9 Å². The van der Waals surface area contributed by atoms with Gasteiger partial charge in [0.05, 0.1) is 6.61 Å². The Hall–Kier alpha value is -2.28. The van der Waals surface area contributed by atoms with Gasteiger partial charge in [0.25, 0.3) is 5.91 Å². The van der Waals surface area contributed by atoms with E-state index in [9.17, 15) is 4.79 Å². The lowest BCUT2D eigenvalue weighted by atomic mass is 10.3. The monoisotopic (exact) mass is 310 g/mol. The normalized spacial score (nSPS) is 11.8. The van der Waals surface area contributed by atoms with Crippen LogP contribution in [-0.4, -0.2) is 33.8 Å². The summed E-state index contributed by atoms with van der Waals surface area (Å²) >= 11 is 5.78. The summed E-state index contributed by atoms with van der Waals surface area (Å²) in [6.45, 7) is 3.89. The largest absolute Gasteiger partial charge is 0.481 e. The van der Waals surface area contributed by atoms with Gasteiger partial charge in [-0.25, -0.2) is 5.10 Å². The molecule has 0 fully saturated rings. The second-order valence-corrected chi connectivity index (χ2v) is 4.54. The van der Waals surface area contributed by atoms with Crippen LogP contribution in [0.5, 0.6) is 11.8 Å². The second-order valence-electron chi connectivity index (χ2n) is 4.10. The molecule has 0 aliphatic rings. The van der Waals surface area contributed by atoms with E-state index < -0.39 is 6.10 Å². The molecule has 1 aromatic carbocycles. The van der Waals surface area contributed by atoms with Crippen molar-refractivity contribution in [2.24, 2.45) is 0 Å². The lowest BCUT2D eigenvalue weighted by Gasteiger charge is -2.13. The van der Waals surface area contributed by atoms with Gasteiger partial charge in [-0.15, -0.1) is 5.10 Å². The highest BCUT2D eigenvalue weighted by molar-refractivity contribution is 6.30. The van der Waals surface area contributed by atoms with Gasteiger partial charge in [0, 0.05) is 5.02 Å². The van der Waals surface area contributed by atoms with Crippen molar-refractivity contribution in [1.29, 1.82) is 0 Å². The number of rotatable bonds is 6. The summed E-state index contributed by atoms with van der Waals surface area (Å²) in [7, 11) is 0. The van der Waals surface area contributed by atoms with Crippen LogP contribution < -0.4 is 14.8 Å². The molecular formula is C13H15ClN4O3. The first-order valence-electron chi connectivity index (χ1n) is 6.36. The van der Waals surface area contributed by atoms with Crippen LogP contribution in [0.2, 0.25) is 5.02 Å². The Morgan fingerprint density at radius 1 is 1.43 bits per heavy atom. The third kappa shape index (κ3) is 4.35. The number of ether oxygens (including phenoxy) is 2. The number of anilines is 1. The van der Waals surface area contributed by atoms with Gasteiger partial charge >= 0.3 is 6.01 Å². The zero-order valence-electron chi connectivity index (χ0n) is 11.6. The molecule has 1 aromatic heterocycles. The van der Waals surface area contributed by atoms with Crippen molar-refractivity contribution < 1.29 is 14.3 Å². The molecule has 21 heavy (non-hydrogen) atoms. The molecule has 2 rings (SSSR count). The highest BCUT2D eigenvalue weighted by Crippen LogP contribution is 2.17. The number of hydrogen-bond donors (Lipinski definition) is 2. The van der Waals surface area contributed by atoms with Crippen molar-refractivity contribution >= 4 is 23.5 Å². The van der Waals surface area contributed by atoms with Gasteiger partial charge in [-0.2, -0.15) is 4.98 Å². The summed E-state index contributed by atoms with van der Waals surface area (Å²) in [5, 5.41) is 9.49. The minimum Gasteiger partial charge on any atom is -0.481 e. The van der Waals surface area contributed by atoms with Crippen molar-refractivity contribution in [3.05, 3.63) is 29.3 Å². The molecule has 2 N–H and O–H groups in total. The van der Waals surface area contributed by atoms with Crippen molar-refractivity contribution in [3.8, 4) is 11.8 Å². The lowest BCUT2D eigenvalue weighted by molar-refractivity contribution is -0.122. The Balaban J connectivity index is 1.90. The molecule has 0 saturated heterocycles. The number of carbonyl (C=O) groups excluding carboxylic acids is 1. The van der Waals surface area contributed by atoms with Gasteiger partial charge in [0.2, 0.25) is 5.95 Å². The van der Waals surface area contributed by atoms with Crippen LogP contribution in [0.15, 0.2) is 24.3 Å². The highest BCUT2D eigenvalue weighted by Gasteiger charge is 2.16. The second kappa shape index (κ2) is 6.94. The van der Waals surface area contributed by atoms with E-state index in [1.807, 2.05) is 6.92 Å². The van der Waals surface area contributed by atoms with Crippen LogP contribution >= 0.6 is 11.6 Å². The Labute approximate surface area is 126 Å². The molecule has 1 amide bonds. The van der Waals surface area contributed by atoms with Crippen LogP contribution in [0.4, 0.5) is 5.95 Å². The molecule has 1 unspecified atom stereocenters. The lowest BCUT2D eigenvalue weighted by Crippen LogP contribution is -2.30. The van der Waals surface area contributed by atoms with Crippen LogP contribution in [-0.2, 0) is 4.79 Å². The number of halogens is 1. The first-order valence-corrected chi connectivity index (χ1v) is 6.74. The fourth-order valence-corrected chi connectivity index (χ4v) is 1.61. The van der Waals surface area contributed by atoms with E-state index in [2.05, 4.69) is 20.5 Å². The molecule has 112 valence electrons. The Kier molecular flexibility index (Phi) is 4.99. The fraction of sp³-hybridized carbons (Fsp3) is 0.308. The highest BCUT2D eigenvalue weighted by atomic mass is 35.5. The zero-order valence-corrected chi connectivity index (χ0v) is 12.3. The fourth-order valence-electron chi connectivity index (χ4n) is 1.49. The van der Waals surface area contributed by atoms with Gasteiger partial charge in [0.1, 0.15) is 5.75 Å². The van der Waals surface area contributed by atoms with Gasteiger partial charge in [0.15, 0.2) is 6.10 Å². The molecule has 2 aromatic rings. The SMILES string of the molecule is CCOc1n[nH]c(NC(=O)C(C)Oc2ccc(Cl)cc2)n1. The third-order valence-corrected chi connectivity index (χ3v) is 2.73. The number of carbonyl (C=O) groups is 1. The van der Waals surface area contributed by atoms with Gasteiger partial charge in [-0.1, -0.05) is 11.6 Å². The number of aromatic nitrogens is 3. The van der Waals surface area contributed by atoms with Crippen molar-refractivity contribution in [1.82, 2.24) is 15.2 Å². The minimum atomic E-state index is -0.702. The number of hydrogen-bond acceptors (Lipinski definition) is 5. The van der Waals surface area contributed by atoms with Crippen LogP contribution in [0.25, 0.3) is 0 Å². The molecular weight excluding hydrogens is 296 g/mol. The van der Waals surface area contributed by atoms with E-state index in [0.29, 0.717) is 17.4 Å². The molecule has 0 spiro atoms. The quantitative estimate of drug-likeness (QED) is 0.854.